The van der Waals surface area contributed by atoms with Gasteiger partial charge in [0.15, 0.2) is 12.4 Å². The molecule has 29 heavy (non-hydrogen) atoms. The molecule has 0 aliphatic carbocycles. The maximum Gasteiger partial charge on any atom is 0.227 e. The molecule has 0 aliphatic heterocycles. The molecule has 1 heterocycles. The number of hydrogen-bond acceptors (Lipinski definition) is 2. The van der Waals surface area contributed by atoms with Crippen LogP contribution in [0.3, 0.4) is 0 Å². The van der Waals surface area contributed by atoms with E-state index in [-0.39, 0.29) is 12.3 Å². The minimum absolute atomic E-state index is 0.0797. The van der Waals surface area contributed by atoms with E-state index in [9.17, 15) is 4.79 Å². The van der Waals surface area contributed by atoms with Crippen LogP contribution in [0.5, 0.6) is 0 Å². The summed E-state index contributed by atoms with van der Waals surface area (Å²) in [6, 6.07) is 28.4. The second-order valence-electron chi connectivity index (χ2n) is 7.09. The molecule has 0 bridgehead atoms. The molecule has 0 saturated carbocycles. The van der Waals surface area contributed by atoms with Crippen molar-refractivity contribution in [2.75, 3.05) is 0 Å². The average molecular weight is 375 g/mol. The van der Waals surface area contributed by atoms with Crippen molar-refractivity contribution >= 4 is 27.3 Å². The van der Waals surface area contributed by atoms with Crippen LogP contribution in [0.4, 0.5) is 0 Å². The number of ketones is 1. The van der Waals surface area contributed by atoms with Gasteiger partial charge in [0, 0.05) is 11.1 Å². The minimum Gasteiger partial charge on any atom is -0.287 e. The van der Waals surface area contributed by atoms with Crippen molar-refractivity contribution in [1.82, 2.24) is 4.98 Å². The zero-order valence-corrected chi connectivity index (χ0v) is 15.8. The van der Waals surface area contributed by atoms with Gasteiger partial charge in [-0.3, -0.25) is 4.79 Å². The van der Waals surface area contributed by atoms with Gasteiger partial charge in [0.05, 0.1) is 6.20 Å². The molecule has 3 heteroatoms. The van der Waals surface area contributed by atoms with Gasteiger partial charge in [0.2, 0.25) is 12.3 Å². The highest BCUT2D eigenvalue weighted by atomic mass is 16.1. The summed E-state index contributed by atoms with van der Waals surface area (Å²) in [5, 5.41) is 4.78. The van der Waals surface area contributed by atoms with Crippen LogP contribution in [0.25, 0.3) is 32.8 Å². The molecule has 0 fully saturated rings. The molecule has 4 aromatic carbocycles. The van der Waals surface area contributed by atoms with Crippen molar-refractivity contribution < 1.29 is 9.36 Å². The Hall–Kier alpha value is -3.85. The molecular formula is C26H19N2O+. The van der Waals surface area contributed by atoms with Gasteiger partial charge >= 0.3 is 0 Å². The highest BCUT2D eigenvalue weighted by Gasteiger charge is 2.15. The zero-order valence-electron chi connectivity index (χ0n) is 15.8. The predicted octanol–water partition coefficient (Wildman–Crippen LogP) is 5.23. The quantitative estimate of drug-likeness (QED) is 0.245. The van der Waals surface area contributed by atoms with Gasteiger partial charge in [-0.2, -0.15) is 4.57 Å². The van der Waals surface area contributed by atoms with Crippen molar-refractivity contribution in [2.24, 2.45) is 0 Å². The van der Waals surface area contributed by atoms with Gasteiger partial charge in [-0.15, -0.1) is 0 Å². The summed E-state index contributed by atoms with van der Waals surface area (Å²) in [5.74, 6) is 0.0797. The Bertz CT molecular complexity index is 1340. The minimum atomic E-state index is 0.0797. The number of carbonyl (C=O) groups is 1. The summed E-state index contributed by atoms with van der Waals surface area (Å²) < 4.78 is 1.90. The molecule has 138 valence electrons. The Kier molecular flexibility index (Phi) is 4.34. The summed E-state index contributed by atoms with van der Waals surface area (Å²) in [6.07, 6.45) is 5.56. The summed E-state index contributed by atoms with van der Waals surface area (Å²) in [4.78, 5) is 17.2. The fourth-order valence-corrected chi connectivity index (χ4v) is 3.82. The third-order valence-electron chi connectivity index (χ3n) is 5.23. The lowest BCUT2D eigenvalue weighted by atomic mass is 9.96. The molecule has 5 rings (SSSR count). The molecule has 0 atom stereocenters. The molecule has 0 spiro atoms. The van der Waals surface area contributed by atoms with E-state index >= 15 is 0 Å². The van der Waals surface area contributed by atoms with E-state index in [4.69, 9.17) is 0 Å². The van der Waals surface area contributed by atoms with Crippen LogP contribution in [-0.2, 0) is 6.54 Å². The second-order valence-corrected chi connectivity index (χ2v) is 7.09. The number of hydrogen-bond donors (Lipinski definition) is 0. The van der Waals surface area contributed by atoms with Gasteiger partial charge in [0.25, 0.3) is 0 Å². The maximum absolute atomic E-state index is 12.6. The summed E-state index contributed by atoms with van der Waals surface area (Å²) in [7, 11) is 0. The number of carbonyl (C=O) groups excluding carboxylic acids is 1. The van der Waals surface area contributed by atoms with Crippen LogP contribution in [0.15, 0.2) is 104 Å². The molecule has 3 nitrogen and oxygen atoms in total. The number of aromatic nitrogens is 2. The standard InChI is InChI=1S/C26H19N2O/c29-26(19-8-2-1-3-9-19)18-28-15-14-27-25(17-28)24-16-20-10-4-5-11-21(20)22-12-6-7-13-23(22)24/h1-17H,18H2/q+1. The lowest BCUT2D eigenvalue weighted by Gasteiger charge is -2.09. The summed E-state index contributed by atoms with van der Waals surface area (Å²) in [6.45, 7) is 0.283. The molecule has 1 aromatic heterocycles. The van der Waals surface area contributed by atoms with E-state index in [2.05, 4.69) is 59.6 Å². The molecule has 0 unspecified atom stereocenters. The summed E-state index contributed by atoms with van der Waals surface area (Å²) >= 11 is 0. The fraction of sp³-hybridized carbons (Fsp3) is 0.0385. The first-order valence-electron chi connectivity index (χ1n) is 9.64. The van der Waals surface area contributed by atoms with Crippen LogP contribution < -0.4 is 4.57 Å². The highest BCUT2D eigenvalue weighted by molar-refractivity contribution is 6.13. The fourth-order valence-electron chi connectivity index (χ4n) is 3.82. The van der Waals surface area contributed by atoms with Crippen LogP contribution in [-0.4, -0.2) is 10.8 Å². The van der Waals surface area contributed by atoms with E-state index in [0.717, 1.165) is 22.2 Å². The first-order chi connectivity index (χ1) is 14.3. The predicted molar refractivity (Wildman–Crippen MR) is 116 cm³/mol. The van der Waals surface area contributed by atoms with Gasteiger partial charge in [-0.25, -0.2) is 4.98 Å². The number of Topliss-reactive ketones (excluding diaryl/α,β-unsaturated/α-hetero) is 1. The molecule has 5 aromatic rings. The van der Waals surface area contributed by atoms with Gasteiger partial charge in [-0.1, -0.05) is 78.9 Å². The highest BCUT2D eigenvalue weighted by Crippen LogP contribution is 2.33. The Morgan fingerprint density at radius 1 is 0.793 bits per heavy atom. The Labute approximate surface area is 168 Å². The van der Waals surface area contributed by atoms with Crippen LogP contribution in [0.1, 0.15) is 10.4 Å². The van der Waals surface area contributed by atoms with Crippen LogP contribution in [0.2, 0.25) is 0 Å². The van der Waals surface area contributed by atoms with E-state index in [0.29, 0.717) is 0 Å². The largest absolute Gasteiger partial charge is 0.287 e. The Balaban J connectivity index is 1.60. The Morgan fingerprint density at radius 2 is 1.48 bits per heavy atom. The van der Waals surface area contributed by atoms with E-state index in [1.807, 2.05) is 47.3 Å². The molecular weight excluding hydrogens is 356 g/mol. The normalized spacial score (nSPS) is 11.0. The number of benzene rings is 4. The number of fused-ring (bicyclic) bond motifs is 3. The smallest absolute Gasteiger partial charge is 0.227 e. The monoisotopic (exact) mass is 375 g/mol. The molecule has 0 amide bonds. The zero-order chi connectivity index (χ0) is 19.6. The average Bonchev–Trinajstić information content (AvgIpc) is 2.79. The maximum atomic E-state index is 12.6. The topological polar surface area (TPSA) is 33.8 Å². The van der Waals surface area contributed by atoms with Crippen LogP contribution >= 0.6 is 0 Å². The number of nitrogens with zero attached hydrogens (tertiary/aromatic N) is 2. The lowest BCUT2D eigenvalue weighted by molar-refractivity contribution is -0.683. The molecule has 0 radical (unpaired) electrons. The van der Waals surface area contributed by atoms with Gasteiger partial charge in [-0.05, 0) is 27.6 Å². The molecule has 0 saturated heterocycles. The molecule has 0 N–H and O–H groups in total. The van der Waals surface area contributed by atoms with E-state index < -0.39 is 0 Å². The lowest BCUT2D eigenvalue weighted by Crippen LogP contribution is -2.37. The van der Waals surface area contributed by atoms with Crippen LogP contribution in [0, 0.1) is 0 Å². The molecule has 0 aliphatic rings. The van der Waals surface area contributed by atoms with Crippen molar-refractivity contribution in [3.63, 3.8) is 0 Å². The van der Waals surface area contributed by atoms with E-state index in [1.165, 1.54) is 16.2 Å². The SMILES string of the molecule is O=C(C[n+]1ccnc(-c2cc3ccccc3c3ccccc23)c1)c1ccccc1. The third-order valence-corrected chi connectivity index (χ3v) is 5.23. The Morgan fingerprint density at radius 3 is 2.31 bits per heavy atom. The first-order valence-corrected chi connectivity index (χ1v) is 9.64. The van der Waals surface area contributed by atoms with Crippen molar-refractivity contribution in [3.05, 3.63) is 109 Å². The van der Waals surface area contributed by atoms with Crippen molar-refractivity contribution in [3.8, 4) is 11.3 Å². The third kappa shape index (κ3) is 3.27. The van der Waals surface area contributed by atoms with Crippen molar-refractivity contribution in [2.45, 2.75) is 6.54 Å². The first kappa shape index (κ1) is 17.3. The van der Waals surface area contributed by atoms with Crippen molar-refractivity contribution in [1.29, 1.82) is 0 Å². The van der Waals surface area contributed by atoms with Gasteiger partial charge < -0.3 is 0 Å². The second kappa shape index (κ2) is 7.28. The van der Waals surface area contributed by atoms with Gasteiger partial charge in [0.1, 0.15) is 5.69 Å². The summed E-state index contributed by atoms with van der Waals surface area (Å²) in [5.41, 5.74) is 2.64. The number of rotatable bonds is 4. The van der Waals surface area contributed by atoms with E-state index in [1.54, 1.807) is 6.20 Å².